The molecule has 0 saturated carbocycles. The number of nitrogens with two attached hydrogens (primary N) is 1. The van der Waals surface area contributed by atoms with Gasteiger partial charge in [-0.3, -0.25) is 0 Å². The lowest BCUT2D eigenvalue weighted by Gasteiger charge is -2.45. The van der Waals surface area contributed by atoms with Crippen LogP contribution in [0, 0.1) is 0 Å². The molecule has 0 aromatic heterocycles. The molecule has 1 aromatic carbocycles. The second-order valence-corrected chi connectivity index (χ2v) is 7.04. The predicted octanol–water partition coefficient (Wildman–Crippen LogP) is 3.56. The van der Waals surface area contributed by atoms with E-state index in [0.717, 1.165) is 43.1 Å². The van der Waals surface area contributed by atoms with E-state index in [1.54, 1.807) is 0 Å². The largest absolute Gasteiger partial charge is 0.483 e. The zero-order chi connectivity index (χ0) is 16.3. The van der Waals surface area contributed by atoms with Gasteiger partial charge in [-0.25, -0.2) is 0 Å². The summed E-state index contributed by atoms with van der Waals surface area (Å²) in [4.78, 5) is 2.47. The Balaban J connectivity index is 1.79. The number of anilines is 2. The first-order chi connectivity index (χ1) is 11.2. The average molecular weight is 317 g/mol. The Hall–Kier alpha value is -1.42. The summed E-state index contributed by atoms with van der Waals surface area (Å²) < 4.78 is 6.38. The number of nitrogens with zero attached hydrogens (tertiary/aromatic N) is 1. The van der Waals surface area contributed by atoms with E-state index in [-0.39, 0.29) is 5.60 Å². The monoisotopic (exact) mass is 317 g/mol. The van der Waals surface area contributed by atoms with Crippen LogP contribution in [0.15, 0.2) is 18.2 Å². The molecule has 0 amide bonds. The normalized spacial score (nSPS) is 23.2. The first-order valence-corrected chi connectivity index (χ1v) is 9.23. The van der Waals surface area contributed by atoms with Gasteiger partial charge in [0.1, 0.15) is 17.0 Å². The van der Waals surface area contributed by atoms with Crippen molar-refractivity contribution < 1.29 is 4.74 Å². The topological polar surface area (TPSA) is 50.5 Å². The smallest absolute Gasteiger partial charge is 0.145 e. The van der Waals surface area contributed by atoms with Crippen LogP contribution in [0.1, 0.15) is 52.4 Å². The zero-order valence-electron chi connectivity index (χ0n) is 14.6. The van der Waals surface area contributed by atoms with Crippen LogP contribution >= 0.6 is 0 Å². The van der Waals surface area contributed by atoms with Crippen molar-refractivity contribution in [1.29, 1.82) is 0 Å². The molecule has 1 aromatic rings. The first-order valence-electron chi connectivity index (χ1n) is 9.23. The Morgan fingerprint density at radius 3 is 2.83 bits per heavy atom. The van der Waals surface area contributed by atoms with Crippen LogP contribution < -0.4 is 20.7 Å². The summed E-state index contributed by atoms with van der Waals surface area (Å²) in [6.45, 7) is 7.60. The number of para-hydroxylation sites is 1. The van der Waals surface area contributed by atoms with Gasteiger partial charge < -0.3 is 20.7 Å². The Morgan fingerprint density at radius 2 is 2.13 bits per heavy atom. The van der Waals surface area contributed by atoms with Crippen LogP contribution in [0.4, 0.5) is 11.4 Å². The second kappa shape index (κ2) is 7.00. The van der Waals surface area contributed by atoms with Gasteiger partial charge in [-0.2, -0.15) is 0 Å². The zero-order valence-corrected chi connectivity index (χ0v) is 14.6. The molecule has 0 radical (unpaired) electrons. The number of hydrogen-bond donors (Lipinski definition) is 2. The highest BCUT2D eigenvalue weighted by molar-refractivity contribution is 5.76. The molecular weight excluding hydrogens is 286 g/mol. The average Bonchev–Trinajstić information content (AvgIpc) is 2.60. The van der Waals surface area contributed by atoms with E-state index >= 15 is 0 Å². The van der Waals surface area contributed by atoms with E-state index in [1.807, 2.05) is 12.1 Å². The van der Waals surface area contributed by atoms with Crippen LogP contribution in [0.5, 0.6) is 5.75 Å². The van der Waals surface area contributed by atoms with Crippen molar-refractivity contribution in [3.05, 3.63) is 18.2 Å². The van der Waals surface area contributed by atoms with Crippen LogP contribution in [-0.4, -0.2) is 31.3 Å². The van der Waals surface area contributed by atoms with Crippen molar-refractivity contribution in [3.63, 3.8) is 0 Å². The predicted molar refractivity (Wildman–Crippen MR) is 97.3 cm³/mol. The number of nitrogen functional groups attached to an aromatic ring is 1. The van der Waals surface area contributed by atoms with E-state index in [2.05, 4.69) is 30.1 Å². The summed E-state index contributed by atoms with van der Waals surface area (Å²) in [5.74, 6) is 0.955. The Labute approximate surface area is 140 Å². The Morgan fingerprint density at radius 1 is 1.30 bits per heavy atom. The van der Waals surface area contributed by atoms with Crippen LogP contribution in [0.25, 0.3) is 0 Å². The van der Waals surface area contributed by atoms with Gasteiger partial charge in [0, 0.05) is 12.6 Å². The van der Waals surface area contributed by atoms with E-state index in [9.17, 15) is 0 Å². The lowest BCUT2D eigenvalue weighted by Crippen LogP contribution is -2.51. The highest BCUT2D eigenvalue weighted by atomic mass is 16.5. The van der Waals surface area contributed by atoms with Gasteiger partial charge in [0.05, 0.1) is 12.2 Å². The Bertz CT molecular complexity index is 521. The van der Waals surface area contributed by atoms with Crippen LogP contribution in [-0.2, 0) is 0 Å². The number of rotatable bonds is 5. The summed E-state index contributed by atoms with van der Waals surface area (Å²) >= 11 is 0. The fourth-order valence-corrected chi connectivity index (χ4v) is 3.94. The Kier molecular flexibility index (Phi) is 5.00. The highest BCUT2D eigenvalue weighted by Crippen LogP contribution is 2.43. The molecule has 3 N–H and O–H groups in total. The number of benzene rings is 1. The maximum atomic E-state index is 6.38. The first kappa shape index (κ1) is 16.4. The van der Waals surface area contributed by atoms with Crippen molar-refractivity contribution in [2.45, 2.75) is 64.0 Å². The molecule has 1 unspecified atom stereocenters. The molecule has 23 heavy (non-hydrogen) atoms. The van der Waals surface area contributed by atoms with Gasteiger partial charge in [0.2, 0.25) is 0 Å². The fourth-order valence-electron chi connectivity index (χ4n) is 3.94. The number of hydrogen-bond acceptors (Lipinski definition) is 4. The van der Waals surface area contributed by atoms with Crippen LogP contribution in [0.2, 0.25) is 0 Å². The van der Waals surface area contributed by atoms with Gasteiger partial charge in [0.15, 0.2) is 0 Å². The van der Waals surface area contributed by atoms with Crippen molar-refractivity contribution in [2.24, 2.45) is 0 Å². The van der Waals surface area contributed by atoms with Gasteiger partial charge >= 0.3 is 0 Å². The highest BCUT2D eigenvalue weighted by Gasteiger charge is 2.37. The molecular formula is C19H31N3O. The minimum absolute atomic E-state index is 0.0826. The van der Waals surface area contributed by atoms with E-state index in [0.29, 0.717) is 6.04 Å². The lowest BCUT2D eigenvalue weighted by molar-refractivity contribution is 0.0573. The maximum Gasteiger partial charge on any atom is 0.145 e. The quantitative estimate of drug-likeness (QED) is 0.815. The summed E-state index contributed by atoms with van der Waals surface area (Å²) in [6.07, 6.45) is 7.20. The minimum Gasteiger partial charge on any atom is -0.483 e. The summed E-state index contributed by atoms with van der Waals surface area (Å²) in [5, 5.41) is 3.66. The van der Waals surface area contributed by atoms with Gasteiger partial charge in [0.25, 0.3) is 0 Å². The minimum atomic E-state index is -0.0826. The molecule has 2 aliphatic heterocycles. The number of nitrogens with one attached hydrogen (secondary N) is 1. The molecule has 0 spiro atoms. The summed E-state index contributed by atoms with van der Waals surface area (Å²) in [5.41, 5.74) is 8.12. The number of ether oxygens (including phenoxy) is 1. The molecule has 2 heterocycles. The molecule has 1 saturated heterocycles. The molecule has 4 nitrogen and oxygen atoms in total. The molecule has 3 rings (SSSR count). The van der Waals surface area contributed by atoms with Gasteiger partial charge in [-0.05, 0) is 50.8 Å². The van der Waals surface area contributed by atoms with Gasteiger partial charge in [-0.1, -0.05) is 26.3 Å². The van der Waals surface area contributed by atoms with Crippen molar-refractivity contribution in [2.75, 3.05) is 30.3 Å². The van der Waals surface area contributed by atoms with Crippen molar-refractivity contribution in [3.8, 4) is 5.75 Å². The molecule has 1 atom stereocenters. The van der Waals surface area contributed by atoms with E-state index in [1.165, 1.54) is 32.2 Å². The lowest BCUT2D eigenvalue weighted by atomic mass is 9.93. The number of fused-ring (bicyclic) bond motifs is 1. The molecule has 128 valence electrons. The maximum absolute atomic E-state index is 6.38. The number of piperidine rings is 1. The van der Waals surface area contributed by atoms with Crippen molar-refractivity contribution in [1.82, 2.24) is 5.32 Å². The SMILES string of the molecule is CCC1(CC)CN(CCC2CCCCN2)c2c(N)cccc2O1. The summed E-state index contributed by atoms with van der Waals surface area (Å²) in [6, 6.07) is 6.70. The molecule has 2 aliphatic rings. The second-order valence-electron chi connectivity index (χ2n) is 7.04. The molecule has 4 heteroatoms. The third kappa shape index (κ3) is 3.42. The molecule has 0 aliphatic carbocycles. The third-order valence-corrected chi connectivity index (χ3v) is 5.60. The van der Waals surface area contributed by atoms with E-state index in [4.69, 9.17) is 10.5 Å². The standard InChI is InChI=1S/C19H31N3O/c1-3-19(4-2)14-22(13-11-15-8-5-6-12-21-15)18-16(20)9-7-10-17(18)23-19/h7,9-10,15,21H,3-6,8,11-14,20H2,1-2H3. The third-order valence-electron chi connectivity index (χ3n) is 5.60. The van der Waals surface area contributed by atoms with Gasteiger partial charge in [-0.15, -0.1) is 0 Å². The molecule has 1 fully saturated rings. The summed E-state index contributed by atoms with van der Waals surface area (Å²) in [7, 11) is 0. The van der Waals surface area contributed by atoms with Crippen molar-refractivity contribution >= 4 is 11.4 Å². The van der Waals surface area contributed by atoms with Crippen LogP contribution in [0.3, 0.4) is 0 Å². The fraction of sp³-hybridized carbons (Fsp3) is 0.684. The van der Waals surface area contributed by atoms with E-state index < -0.39 is 0 Å². The molecule has 0 bridgehead atoms.